The molecule has 0 spiro atoms. The van der Waals surface area contributed by atoms with Crippen molar-refractivity contribution in [3.8, 4) is 0 Å². The molecule has 0 aromatic heterocycles. The van der Waals surface area contributed by atoms with Crippen LogP contribution in [0.5, 0.6) is 0 Å². The number of hydrogen-bond donors (Lipinski definition) is 3. The third-order valence-corrected chi connectivity index (χ3v) is 1.35. The third-order valence-electron chi connectivity index (χ3n) is 1.35. The second-order valence-corrected chi connectivity index (χ2v) is 2.45. The first kappa shape index (κ1) is 11.9. The summed E-state index contributed by atoms with van der Waals surface area (Å²) in [7, 11) is 0. The number of primary amides is 1. The maximum absolute atomic E-state index is 10.5. The average Bonchev–Trinajstić information content (AvgIpc) is 2.03. The molecule has 76 valence electrons. The molecule has 13 heavy (non-hydrogen) atoms. The molecule has 0 rings (SSSR count). The molecular weight excluding hydrogens is 176 g/mol. The summed E-state index contributed by atoms with van der Waals surface area (Å²) in [6.45, 7) is 2.08. The number of rotatable bonds is 7. The van der Waals surface area contributed by atoms with Crippen LogP contribution in [0.15, 0.2) is 0 Å². The van der Waals surface area contributed by atoms with Crippen LogP contribution in [-0.4, -0.2) is 29.6 Å². The van der Waals surface area contributed by atoms with Gasteiger partial charge in [0, 0.05) is 6.42 Å². The molecule has 6 nitrogen and oxygen atoms in total. The van der Waals surface area contributed by atoms with Gasteiger partial charge < -0.3 is 15.7 Å². The topological polar surface area (TPSA) is 102 Å². The Morgan fingerprint density at radius 3 is 2.62 bits per heavy atom. The van der Waals surface area contributed by atoms with Gasteiger partial charge in [0.05, 0.1) is 6.61 Å². The van der Waals surface area contributed by atoms with Gasteiger partial charge in [-0.2, -0.15) is 5.48 Å². The molecule has 0 saturated heterocycles. The highest BCUT2D eigenvalue weighted by molar-refractivity contribution is 5.77. The van der Waals surface area contributed by atoms with E-state index in [0.29, 0.717) is 6.61 Å². The predicted octanol–water partition coefficient (Wildman–Crippen LogP) is -0.754. The van der Waals surface area contributed by atoms with Crippen LogP contribution >= 0.6 is 0 Å². The number of carbonyl (C=O) groups excluding carboxylic acids is 1. The standard InChI is InChI=1S/C7H14N2O4/c1-2-13-9-5(7(11)12)3-4-6(8)10/h5,9H,2-4H2,1H3,(H2,8,10)(H,11,12). The first-order valence-corrected chi connectivity index (χ1v) is 3.96. The summed E-state index contributed by atoms with van der Waals surface area (Å²) in [5.41, 5.74) is 7.19. The zero-order valence-electron chi connectivity index (χ0n) is 7.45. The van der Waals surface area contributed by atoms with Crippen molar-refractivity contribution >= 4 is 11.9 Å². The summed E-state index contributed by atoms with van der Waals surface area (Å²) in [5.74, 6) is -1.58. The number of nitrogens with two attached hydrogens (primary N) is 1. The lowest BCUT2D eigenvalue weighted by molar-refractivity contribution is -0.144. The van der Waals surface area contributed by atoms with Gasteiger partial charge in [-0.1, -0.05) is 0 Å². The lowest BCUT2D eigenvalue weighted by Crippen LogP contribution is -2.37. The molecule has 4 N–H and O–H groups in total. The van der Waals surface area contributed by atoms with E-state index < -0.39 is 17.9 Å². The Bertz CT molecular complexity index is 183. The smallest absolute Gasteiger partial charge is 0.323 e. The number of carbonyl (C=O) groups is 2. The molecule has 0 aliphatic carbocycles. The Labute approximate surface area is 76.0 Å². The zero-order chi connectivity index (χ0) is 10.3. The molecule has 0 aliphatic heterocycles. The summed E-state index contributed by atoms with van der Waals surface area (Å²) >= 11 is 0. The van der Waals surface area contributed by atoms with Crippen molar-refractivity contribution in [2.24, 2.45) is 5.73 Å². The number of carboxylic acid groups (broad SMARTS) is 1. The highest BCUT2D eigenvalue weighted by Crippen LogP contribution is 1.96. The quantitative estimate of drug-likeness (QED) is 0.458. The van der Waals surface area contributed by atoms with Gasteiger partial charge in [-0.3, -0.25) is 9.59 Å². The van der Waals surface area contributed by atoms with Crippen LogP contribution in [0.25, 0.3) is 0 Å². The summed E-state index contributed by atoms with van der Waals surface area (Å²) in [4.78, 5) is 25.6. The molecule has 1 unspecified atom stereocenters. The van der Waals surface area contributed by atoms with E-state index in [-0.39, 0.29) is 12.8 Å². The van der Waals surface area contributed by atoms with E-state index in [1.54, 1.807) is 6.92 Å². The third kappa shape index (κ3) is 6.06. The van der Waals surface area contributed by atoms with Gasteiger partial charge in [-0.25, -0.2) is 0 Å². The molecule has 0 saturated carbocycles. The number of nitrogens with one attached hydrogen (secondary N) is 1. The van der Waals surface area contributed by atoms with E-state index >= 15 is 0 Å². The van der Waals surface area contributed by atoms with Crippen LogP contribution in [-0.2, 0) is 14.4 Å². The molecule has 1 amide bonds. The maximum Gasteiger partial charge on any atom is 0.323 e. The molecule has 0 bridgehead atoms. The maximum atomic E-state index is 10.5. The van der Waals surface area contributed by atoms with E-state index in [4.69, 9.17) is 15.7 Å². The van der Waals surface area contributed by atoms with Gasteiger partial charge in [-0.15, -0.1) is 0 Å². The highest BCUT2D eigenvalue weighted by atomic mass is 16.6. The van der Waals surface area contributed by atoms with E-state index in [2.05, 4.69) is 5.48 Å². The fourth-order valence-electron chi connectivity index (χ4n) is 0.703. The minimum atomic E-state index is -1.06. The Morgan fingerprint density at radius 2 is 2.23 bits per heavy atom. The van der Waals surface area contributed by atoms with Crippen LogP contribution in [0.2, 0.25) is 0 Å². The number of carboxylic acids is 1. The second-order valence-electron chi connectivity index (χ2n) is 2.45. The summed E-state index contributed by atoms with van der Waals surface area (Å²) in [5, 5.41) is 8.62. The van der Waals surface area contributed by atoms with Gasteiger partial charge >= 0.3 is 5.97 Å². The van der Waals surface area contributed by atoms with Crippen LogP contribution in [0, 0.1) is 0 Å². The largest absolute Gasteiger partial charge is 0.480 e. The van der Waals surface area contributed by atoms with Crippen molar-refractivity contribution in [1.82, 2.24) is 5.48 Å². The predicted molar refractivity (Wildman–Crippen MR) is 44.6 cm³/mol. The van der Waals surface area contributed by atoms with Crippen LogP contribution in [0.3, 0.4) is 0 Å². The van der Waals surface area contributed by atoms with E-state index in [1.807, 2.05) is 0 Å². The monoisotopic (exact) mass is 190 g/mol. The van der Waals surface area contributed by atoms with Crippen molar-refractivity contribution in [3.05, 3.63) is 0 Å². The normalized spacial score (nSPS) is 12.4. The summed E-state index contributed by atoms with van der Waals surface area (Å²) in [6.07, 6.45) is 0.154. The average molecular weight is 190 g/mol. The Morgan fingerprint density at radius 1 is 1.62 bits per heavy atom. The van der Waals surface area contributed by atoms with E-state index in [0.717, 1.165) is 0 Å². The molecule has 0 aromatic rings. The number of amides is 1. The van der Waals surface area contributed by atoms with E-state index in [9.17, 15) is 9.59 Å². The fraction of sp³-hybridized carbons (Fsp3) is 0.714. The Kier molecular flexibility index (Phi) is 5.82. The molecule has 0 aromatic carbocycles. The fourth-order valence-corrected chi connectivity index (χ4v) is 0.703. The molecular formula is C7H14N2O4. The molecule has 1 atom stereocenters. The molecule has 0 heterocycles. The second kappa shape index (κ2) is 6.38. The van der Waals surface area contributed by atoms with Gasteiger partial charge in [-0.05, 0) is 13.3 Å². The first-order chi connectivity index (χ1) is 6.07. The summed E-state index contributed by atoms with van der Waals surface area (Å²) in [6, 6.07) is -0.882. The number of hydroxylamine groups is 1. The molecule has 6 heteroatoms. The number of aliphatic carboxylic acids is 1. The van der Waals surface area contributed by atoms with Crippen LogP contribution in [0.4, 0.5) is 0 Å². The van der Waals surface area contributed by atoms with Crippen molar-refractivity contribution in [2.45, 2.75) is 25.8 Å². The molecule has 0 fully saturated rings. The van der Waals surface area contributed by atoms with Crippen molar-refractivity contribution in [2.75, 3.05) is 6.61 Å². The van der Waals surface area contributed by atoms with Crippen LogP contribution < -0.4 is 11.2 Å². The lowest BCUT2D eigenvalue weighted by Gasteiger charge is -2.11. The van der Waals surface area contributed by atoms with Crippen molar-refractivity contribution in [3.63, 3.8) is 0 Å². The van der Waals surface area contributed by atoms with Gasteiger partial charge in [0.15, 0.2) is 0 Å². The molecule has 0 aliphatic rings. The Hall–Kier alpha value is -1.14. The molecule has 0 radical (unpaired) electrons. The van der Waals surface area contributed by atoms with Gasteiger partial charge in [0.1, 0.15) is 6.04 Å². The highest BCUT2D eigenvalue weighted by Gasteiger charge is 2.17. The number of hydrogen-bond acceptors (Lipinski definition) is 4. The zero-order valence-corrected chi connectivity index (χ0v) is 7.45. The van der Waals surface area contributed by atoms with Gasteiger partial charge in [0.25, 0.3) is 0 Å². The Balaban J connectivity index is 3.80. The van der Waals surface area contributed by atoms with Crippen molar-refractivity contribution < 1.29 is 19.5 Å². The van der Waals surface area contributed by atoms with Crippen LogP contribution in [0.1, 0.15) is 19.8 Å². The lowest BCUT2D eigenvalue weighted by atomic mass is 10.1. The minimum absolute atomic E-state index is 0.0248. The first-order valence-electron chi connectivity index (χ1n) is 3.96. The van der Waals surface area contributed by atoms with Crippen molar-refractivity contribution in [1.29, 1.82) is 0 Å². The SMILES string of the molecule is CCONC(CCC(N)=O)C(=O)O. The van der Waals surface area contributed by atoms with E-state index in [1.165, 1.54) is 0 Å². The summed E-state index contributed by atoms with van der Waals surface area (Å²) < 4.78 is 0. The minimum Gasteiger partial charge on any atom is -0.480 e. The van der Waals surface area contributed by atoms with Gasteiger partial charge in [0.2, 0.25) is 5.91 Å².